The van der Waals surface area contributed by atoms with E-state index in [1.165, 1.54) is 23.5 Å². The maximum absolute atomic E-state index is 12.6. The Morgan fingerprint density at radius 2 is 2.19 bits per heavy atom. The first-order valence-corrected chi connectivity index (χ1v) is 9.06. The van der Waals surface area contributed by atoms with Crippen LogP contribution >= 0.6 is 22.9 Å². The Kier molecular flexibility index (Phi) is 4.88. The minimum Gasteiger partial charge on any atom is -0.398 e. The van der Waals surface area contributed by atoms with Crippen LogP contribution in [-0.2, 0) is 10.0 Å². The van der Waals surface area contributed by atoms with Crippen LogP contribution < -0.4 is 10.5 Å². The number of anilines is 1. The Bertz CT molecular complexity index is 730. The minimum atomic E-state index is -3.72. The number of aromatic nitrogens is 1. The first-order valence-electron chi connectivity index (χ1n) is 6.32. The van der Waals surface area contributed by atoms with Crippen molar-refractivity contribution >= 4 is 38.6 Å². The van der Waals surface area contributed by atoms with Crippen molar-refractivity contribution in [2.24, 2.45) is 0 Å². The standard InChI is InChI=1S/C13H16ClN3O2S2/c1-3-11(13-16-4-5-20-13)17-21(18,19)12-7-9(14)6-10(15)8(12)2/h4-7,11,17H,3,15H2,1-2H3. The van der Waals surface area contributed by atoms with E-state index >= 15 is 0 Å². The van der Waals surface area contributed by atoms with Gasteiger partial charge in [-0.25, -0.2) is 18.1 Å². The number of halogens is 1. The van der Waals surface area contributed by atoms with Gasteiger partial charge >= 0.3 is 0 Å². The van der Waals surface area contributed by atoms with Crippen molar-refractivity contribution in [1.82, 2.24) is 9.71 Å². The lowest BCUT2D eigenvalue weighted by Gasteiger charge is -2.17. The largest absolute Gasteiger partial charge is 0.398 e. The third-order valence-electron chi connectivity index (χ3n) is 3.11. The van der Waals surface area contributed by atoms with Crippen molar-refractivity contribution in [3.05, 3.63) is 39.3 Å². The molecule has 5 nitrogen and oxygen atoms in total. The lowest BCUT2D eigenvalue weighted by atomic mass is 10.2. The topological polar surface area (TPSA) is 85.1 Å². The van der Waals surface area contributed by atoms with E-state index in [1.807, 2.05) is 12.3 Å². The average molecular weight is 346 g/mol. The smallest absolute Gasteiger partial charge is 0.241 e. The summed E-state index contributed by atoms with van der Waals surface area (Å²) in [6, 6.07) is 2.58. The van der Waals surface area contributed by atoms with E-state index in [1.54, 1.807) is 13.1 Å². The third-order valence-corrected chi connectivity index (χ3v) is 5.81. The summed E-state index contributed by atoms with van der Waals surface area (Å²) in [6.45, 7) is 3.55. The van der Waals surface area contributed by atoms with Crippen molar-refractivity contribution < 1.29 is 8.42 Å². The molecule has 0 saturated heterocycles. The molecule has 1 aromatic heterocycles. The van der Waals surface area contributed by atoms with E-state index in [2.05, 4.69) is 9.71 Å². The summed E-state index contributed by atoms with van der Waals surface area (Å²) in [5.74, 6) is 0. The van der Waals surface area contributed by atoms with Crippen molar-refractivity contribution in [3.8, 4) is 0 Å². The van der Waals surface area contributed by atoms with Gasteiger partial charge in [0.1, 0.15) is 5.01 Å². The minimum absolute atomic E-state index is 0.0995. The Labute approximate surface area is 133 Å². The van der Waals surface area contributed by atoms with Gasteiger partial charge in [-0.05, 0) is 31.0 Å². The van der Waals surface area contributed by atoms with Crippen LogP contribution in [-0.4, -0.2) is 13.4 Å². The van der Waals surface area contributed by atoms with Crippen LogP contribution in [0.5, 0.6) is 0 Å². The molecule has 2 rings (SSSR count). The van der Waals surface area contributed by atoms with Gasteiger partial charge in [0.2, 0.25) is 10.0 Å². The number of hydrogen-bond acceptors (Lipinski definition) is 5. The summed E-state index contributed by atoms with van der Waals surface area (Å²) < 4.78 is 27.8. The molecule has 0 aliphatic carbocycles. The van der Waals surface area contributed by atoms with E-state index in [9.17, 15) is 8.42 Å². The molecule has 21 heavy (non-hydrogen) atoms. The molecule has 3 N–H and O–H groups in total. The molecule has 8 heteroatoms. The molecular formula is C13H16ClN3O2S2. The van der Waals surface area contributed by atoms with Gasteiger partial charge in [-0.3, -0.25) is 0 Å². The van der Waals surface area contributed by atoms with Crippen molar-refractivity contribution in [1.29, 1.82) is 0 Å². The van der Waals surface area contributed by atoms with Crippen LogP contribution in [0.1, 0.15) is 30.0 Å². The van der Waals surface area contributed by atoms with Gasteiger partial charge in [0.15, 0.2) is 0 Å². The fourth-order valence-electron chi connectivity index (χ4n) is 1.92. The highest BCUT2D eigenvalue weighted by Crippen LogP contribution is 2.28. The number of nitrogens with one attached hydrogen (secondary N) is 1. The Balaban J connectivity index is 2.39. The number of nitrogens with zero attached hydrogens (tertiary/aromatic N) is 1. The zero-order valence-corrected chi connectivity index (χ0v) is 14.0. The Morgan fingerprint density at radius 3 is 2.76 bits per heavy atom. The Hall–Kier alpha value is -1.15. The summed E-state index contributed by atoms with van der Waals surface area (Å²) in [5.41, 5.74) is 6.63. The number of nitrogen functional groups attached to an aromatic ring is 1. The number of hydrogen-bond donors (Lipinski definition) is 2. The second-order valence-electron chi connectivity index (χ2n) is 4.57. The predicted octanol–water partition coefficient (Wildman–Crippen LogP) is 3.12. The van der Waals surface area contributed by atoms with Gasteiger partial charge in [-0.15, -0.1) is 11.3 Å². The molecular weight excluding hydrogens is 330 g/mol. The summed E-state index contributed by atoms with van der Waals surface area (Å²) in [7, 11) is -3.72. The SMILES string of the molecule is CCC(NS(=O)(=O)c1cc(Cl)cc(N)c1C)c1nccs1. The fourth-order valence-corrected chi connectivity index (χ4v) is 4.64. The highest BCUT2D eigenvalue weighted by molar-refractivity contribution is 7.89. The molecule has 0 amide bonds. The lowest BCUT2D eigenvalue weighted by Crippen LogP contribution is -2.29. The Morgan fingerprint density at radius 1 is 1.48 bits per heavy atom. The first-order chi connectivity index (χ1) is 9.85. The fraction of sp³-hybridized carbons (Fsp3) is 0.308. The molecule has 0 saturated carbocycles. The molecule has 0 fully saturated rings. The molecule has 2 aromatic rings. The highest BCUT2D eigenvalue weighted by atomic mass is 35.5. The molecule has 1 atom stereocenters. The van der Waals surface area contributed by atoms with Gasteiger partial charge in [-0.1, -0.05) is 18.5 Å². The van der Waals surface area contributed by atoms with Crippen LogP contribution in [0.2, 0.25) is 5.02 Å². The number of nitrogens with two attached hydrogens (primary N) is 1. The zero-order chi connectivity index (χ0) is 15.6. The van der Waals surface area contributed by atoms with Crippen LogP contribution in [0.25, 0.3) is 0 Å². The normalized spacial score (nSPS) is 13.3. The van der Waals surface area contributed by atoms with E-state index in [-0.39, 0.29) is 10.9 Å². The quantitative estimate of drug-likeness (QED) is 0.815. The van der Waals surface area contributed by atoms with E-state index in [0.29, 0.717) is 22.7 Å². The molecule has 0 bridgehead atoms. The summed E-state index contributed by atoms with van der Waals surface area (Å²) >= 11 is 7.33. The summed E-state index contributed by atoms with van der Waals surface area (Å²) in [5, 5.41) is 2.84. The monoisotopic (exact) mass is 345 g/mol. The number of benzene rings is 1. The highest BCUT2D eigenvalue weighted by Gasteiger charge is 2.24. The predicted molar refractivity (Wildman–Crippen MR) is 86.1 cm³/mol. The molecule has 0 aliphatic heterocycles. The molecule has 1 aromatic carbocycles. The second-order valence-corrected chi connectivity index (χ2v) is 7.62. The van der Waals surface area contributed by atoms with Crippen LogP contribution in [0, 0.1) is 6.92 Å². The van der Waals surface area contributed by atoms with Crippen LogP contribution in [0.4, 0.5) is 5.69 Å². The zero-order valence-electron chi connectivity index (χ0n) is 11.6. The summed E-state index contributed by atoms with van der Waals surface area (Å²) in [4.78, 5) is 4.26. The number of thiazole rings is 1. The van der Waals surface area contributed by atoms with Crippen molar-refractivity contribution in [3.63, 3.8) is 0 Å². The van der Waals surface area contributed by atoms with Crippen LogP contribution in [0.3, 0.4) is 0 Å². The summed E-state index contributed by atoms with van der Waals surface area (Å²) in [6.07, 6.45) is 2.25. The molecule has 1 heterocycles. The maximum Gasteiger partial charge on any atom is 0.241 e. The second kappa shape index (κ2) is 6.31. The first kappa shape index (κ1) is 16.2. The van der Waals surface area contributed by atoms with Crippen LogP contribution in [0.15, 0.2) is 28.6 Å². The van der Waals surface area contributed by atoms with E-state index < -0.39 is 10.0 Å². The van der Waals surface area contributed by atoms with Gasteiger partial charge < -0.3 is 5.73 Å². The van der Waals surface area contributed by atoms with Gasteiger partial charge in [0.25, 0.3) is 0 Å². The average Bonchev–Trinajstić information content (AvgIpc) is 2.94. The van der Waals surface area contributed by atoms with Gasteiger partial charge in [-0.2, -0.15) is 0 Å². The number of sulfonamides is 1. The molecule has 0 radical (unpaired) electrons. The molecule has 0 aliphatic rings. The molecule has 0 spiro atoms. The molecule has 1 unspecified atom stereocenters. The third kappa shape index (κ3) is 3.55. The number of rotatable bonds is 5. The van der Waals surface area contributed by atoms with Crippen molar-refractivity contribution in [2.45, 2.75) is 31.2 Å². The van der Waals surface area contributed by atoms with E-state index in [4.69, 9.17) is 17.3 Å². The van der Waals surface area contributed by atoms with Gasteiger partial charge in [0, 0.05) is 22.3 Å². The van der Waals surface area contributed by atoms with Gasteiger partial charge in [0.05, 0.1) is 10.9 Å². The molecule has 114 valence electrons. The van der Waals surface area contributed by atoms with E-state index in [0.717, 1.165) is 5.01 Å². The lowest BCUT2D eigenvalue weighted by molar-refractivity contribution is 0.548. The van der Waals surface area contributed by atoms with Crippen molar-refractivity contribution in [2.75, 3.05) is 5.73 Å². The maximum atomic E-state index is 12.6.